The molecule has 0 aromatic heterocycles. The van der Waals surface area contributed by atoms with Crippen LogP contribution in [0, 0.1) is 10.1 Å². The van der Waals surface area contributed by atoms with Gasteiger partial charge in [-0.05, 0) is 30.7 Å². The van der Waals surface area contributed by atoms with Crippen molar-refractivity contribution in [3.8, 4) is 0 Å². The van der Waals surface area contributed by atoms with Gasteiger partial charge in [0.2, 0.25) is 0 Å². The molecule has 0 aliphatic rings. The topological polar surface area (TPSA) is 55.2 Å². The molecule has 2 rings (SSSR count). The van der Waals surface area contributed by atoms with E-state index in [1.54, 1.807) is 30.3 Å². The number of nitrogens with one attached hydrogen (secondary N) is 1. The van der Waals surface area contributed by atoms with Crippen molar-refractivity contribution >= 4 is 34.6 Å². The first-order chi connectivity index (χ1) is 9.47. The second-order valence-corrected chi connectivity index (χ2v) is 5.18. The van der Waals surface area contributed by atoms with Crippen molar-refractivity contribution in [3.05, 3.63) is 68.2 Å². The summed E-state index contributed by atoms with van der Waals surface area (Å²) in [5.41, 5.74) is 1.72. The van der Waals surface area contributed by atoms with Gasteiger partial charge in [-0.1, -0.05) is 35.3 Å². The molecule has 0 aliphatic carbocycles. The van der Waals surface area contributed by atoms with E-state index >= 15 is 0 Å². The Hall–Kier alpha value is -1.78. The first-order valence-corrected chi connectivity index (χ1v) is 6.69. The lowest BCUT2D eigenvalue weighted by atomic mass is 10.1. The number of nitro groups is 1. The number of hydrogen-bond donors (Lipinski definition) is 1. The highest BCUT2D eigenvalue weighted by Gasteiger charge is 2.10. The third-order valence-electron chi connectivity index (χ3n) is 2.90. The first kappa shape index (κ1) is 14.6. The standard InChI is InChI=1S/C14H12Cl2N2O2/c1-9(10-2-5-12(6-3-10)18(19)20)17-14-8-11(15)4-7-13(14)16/h2-9,17H,1H3. The van der Waals surface area contributed by atoms with E-state index in [9.17, 15) is 10.1 Å². The molecule has 0 spiro atoms. The lowest BCUT2D eigenvalue weighted by Crippen LogP contribution is -2.07. The lowest BCUT2D eigenvalue weighted by molar-refractivity contribution is -0.384. The number of benzene rings is 2. The van der Waals surface area contributed by atoms with Crippen molar-refractivity contribution in [2.24, 2.45) is 0 Å². The second kappa shape index (κ2) is 6.11. The van der Waals surface area contributed by atoms with Gasteiger partial charge in [-0.2, -0.15) is 0 Å². The predicted octanol–water partition coefficient (Wildman–Crippen LogP) is 5.07. The fraction of sp³-hybridized carbons (Fsp3) is 0.143. The van der Waals surface area contributed by atoms with Crippen molar-refractivity contribution in [1.29, 1.82) is 0 Å². The van der Waals surface area contributed by atoms with Gasteiger partial charge in [-0.15, -0.1) is 0 Å². The van der Waals surface area contributed by atoms with Gasteiger partial charge < -0.3 is 5.32 Å². The molecule has 20 heavy (non-hydrogen) atoms. The summed E-state index contributed by atoms with van der Waals surface area (Å²) in [4.78, 5) is 10.2. The Morgan fingerprint density at radius 2 is 1.80 bits per heavy atom. The highest BCUT2D eigenvalue weighted by Crippen LogP contribution is 2.29. The highest BCUT2D eigenvalue weighted by molar-refractivity contribution is 6.35. The zero-order chi connectivity index (χ0) is 14.7. The average Bonchev–Trinajstić information content (AvgIpc) is 2.43. The van der Waals surface area contributed by atoms with Crippen LogP contribution in [0.5, 0.6) is 0 Å². The van der Waals surface area contributed by atoms with Crippen LogP contribution < -0.4 is 5.32 Å². The number of rotatable bonds is 4. The zero-order valence-corrected chi connectivity index (χ0v) is 12.2. The van der Waals surface area contributed by atoms with Crippen molar-refractivity contribution in [3.63, 3.8) is 0 Å². The van der Waals surface area contributed by atoms with E-state index in [2.05, 4.69) is 5.32 Å². The predicted molar refractivity (Wildman–Crippen MR) is 81.6 cm³/mol. The van der Waals surface area contributed by atoms with Gasteiger partial charge in [0, 0.05) is 23.2 Å². The van der Waals surface area contributed by atoms with Crippen molar-refractivity contribution in [2.75, 3.05) is 5.32 Å². The maximum Gasteiger partial charge on any atom is 0.269 e. The van der Waals surface area contributed by atoms with E-state index in [1.807, 2.05) is 6.92 Å². The fourth-order valence-corrected chi connectivity index (χ4v) is 2.15. The number of nitro benzene ring substituents is 1. The van der Waals surface area contributed by atoms with Gasteiger partial charge >= 0.3 is 0 Å². The molecule has 0 saturated heterocycles. The molecule has 0 heterocycles. The van der Waals surface area contributed by atoms with E-state index in [0.29, 0.717) is 10.0 Å². The summed E-state index contributed by atoms with van der Waals surface area (Å²) in [6.45, 7) is 1.94. The minimum Gasteiger partial charge on any atom is -0.377 e. The molecule has 1 atom stereocenters. The molecule has 1 unspecified atom stereocenters. The van der Waals surface area contributed by atoms with Crippen LogP contribution in [0.3, 0.4) is 0 Å². The van der Waals surface area contributed by atoms with Crippen molar-refractivity contribution in [1.82, 2.24) is 0 Å². The van der Waals surface area contributed by atoms with Crippen LogP contribution in [0.1, 0.15) is 18.5 Å². The molecule has 2 aromatic rings. The van der Waals surface area contributed by atoms with Crippen LogP contribution >= 0.6 is 23.2 Å². The zero-order valence-electron chi connectivity index (χ0n) is 10.6. The van der Waals surface area contributed by atoms with Crippen LogP contribution in [0.2, 0.25) is 10.0 Å². The maximum atomic E-state index is 10.6. The van der Waals surface area contributed by atoms with Gasteiger partial charge in [0.15, 0.2) is 0 Å². The third kappa shape index (κ3) is 3.40. The van der Waals surface area contributed by atoms with Crippen LogP contribution in [0.15, 0.2) is 42.5 Å². The van der Waals surface area contributed by atoms with Crippen LogP contribution in [0.25, 0.3) is 0 Å². The third-order valence-corrected chi connectivity index (χ3v) is 3.47. The van der Waals surface area contributed by atoms with Crippen LogP contribution in [0.4, 0.5) is 11.4 Å². The Balaban J connectivity index is 2.17. The van der Waals surface area contributed by atoms with E-state index in [0.717, 1.165) is 11.3 Å². The van der Waals surface area contributed by atoms with Gasteiger partial charge in [-0.3, -0.25) is 10.1 Å². The Bertz CT molecular complexity index is 630. The van der Waals surface area contributed by atoms with Crippen molar-refractivity contribution in [2.45, 2.75) is 13.0 Å². The summed E-state index contributed by atoms with van der Waals surface area (Å²) in [7, 11) is 0. The van der Waals surface area contributed by atoms with E-state index < -0.39 is 4.92 Å². The van der Waals surface area contributed by atoms with E-state index in [-0.39, 0.29) is 11.7 Å². The molecule has 0 bridgehead atoms. The van der Waals surface area contributed by atoms with Gasteiger partial charge in [0.25, 0.3) is 5.69 Å². The molecule has 2 aromatic carbocycles. The Kier molecular flexibility index (Phi) is 4.47. The SMILES string of the molecule is CC(Nc1cc(Cl)ccc1Cl)c1ccc([N+](=O)[O-])cc1. The minimum atomic E-state index is -0.421. The van der Waals surface area contributed by atoms with Gasteiger partial charge in [-0.25, -0.2) is 0 Å². The first-order valence-electron chi connectivity index (χ1n) is 5.93. The molecule has 0 fully saturated rings. The summed E-state index contributed by atoms with van der Waals surface area (Å²) in [6, 6.07) is 11.5. The molecule has 0 aliphatic heterocycles. The molecule has 0 saturated carbocycles. The fourth-order valence-electron chi connectivity index (χ4n) is 1.81. The summed E-state index contributed by atoms with van der Waals surface area (Å²) in [5.74, 6) is 0. The Morgan fingerprint density at radius 1 is 1.15 bits per heavy atom. The van der Waals surface area contributed by atoms with E-state index in [1.165, 1.54) is 12.1 Å². The van der Waals surface area contributed by atoms with Gasteiger partial charge in [0.1, 0.15) is 0 Å². The monoisotopic (exact) mass is 310 g/mol. The van der Waals surface area contributed by atoms with Crippen molar-refractivity contribution < 1.29 is 4.92 Å². The quantitative estimate of drug-likeness (QED) is 0.633. The summed E-state index contributed by atoms with van der Waals surface area (Å²) in [5, 5.41) is 15.0. The average molecular weight is 311 g/mol. The second-order valence-electron chi connectivity index (χ2n) is 4.34. The molecule has 104 valence electrons. The Morgan fingerprint density at radius 3 is 2.40 bits per heavy atom. The normalized spacial score (nSPS) is 11.9. The summed E-state index contributed by atoms with van der Waals surface area (Å²) >= 11 is 12.0. The highest BCUT2D eigenvalue weighted by atomic mass is 35.5. The smallest absolute Gasteiger partial charge is 0.269 e. The molecule has 6 heteroatoms. The molecule has 0 radical (unpaired) electrons. The Labute approximate surface area is 126 Å². The molecule has 1 N–H and O–H groups in total. The molecular weight excluding hydrogens is 299 g/mol. The number of anilines is 1. The number of hydrogen-bond acceptors (Lipinski definition) is 3. The number of halogens is 2. The number of non-ortho nitro benzene ring substituents is 1. The molecule has 0 amide bonds. The maximum absolute atomic E-state index is 10.6. The lowest BCUT2D eigenvalue weighted by Gasteiger charge is -2.17. The molecule has 4 nitrogen and oxygen atoms in total. The minimum absolute atomic E-state index is 0.0493. The number of nitrogens with zero attached hydrogens (tertiary/aromatic N) is 1. The van der Waals surface area contributed by atoms with Crippen LogP contribution in [-0.4, -0.2) is 4.92 Å². The largest absolute Gasteiger partial charge is 0.377 e. The summed E-state index contributed by atoms with van der Waals surface area (Å²) < 4.78 is 0. The van der Waals surface area contributed by atoms with Gasteiger partial charge in [0.05, 0.1) is 15.6 Å². The van der Waals surface area contributed by atoms with E-state index in [4.69, 9.17) is 23.2 Å². The van der Waals surface area contributed by atoms with Crippen LogP contribution in [-0.2, 0) is 0 Å². The summed E-state index contributed by atoms with van der Waals surface area (Å²) in [6.07, 6.45) is 0. The molecular formula is C14H12Cl2N2O2.